The zero-order valence-corrected chi connectivity index (χ0v) is 26.4. The lowest BCUT2D eigenvalue weighted by molar-refractivity contribution is -0.151. The van der Waals surface area contributed by atoms with Crippen LogP contribution in [0.1, 0.15) is 37.5 Å². The van der Waals surface area contributed by atoms with Gasteiger partial charge in [-0.2, -0.15) is 4.68 Å². The quantitative estimate of drug-likeness (QED) is 0.316. The van der Waals surface area contributed by atoms with Gasteiger partial charge in [0.15, 0.2) is 0 Å². The molecule has 2 N–H and O–H groups in total. The maximum Gasteiger partial charge on any atom is 0.437 e. The van der Waals surface area contributed by atoms with Crippen LogP contribution in [0.5, 0.6) is 0 Å². The second-order valence-electron chi connectivity index (χ2n) is 10.3. The maximum atomic E-state index is 13.4. The van der Waals surface area contributed by atoms with Crippen molar-refractivity contribution >= 4 is 42.3 Å². The van der Waals surface area contributed by atoms with Gasteiger partial charge in [-0.05, 0) is 42.7 Å². The first-order valence-electron chi connectivity index (χ1n) is 13.7. The average molecular weight is 623 g/mol. The van der Waals surface area contributed by atoms with Gasteiger partial charge in [-0.3, -0.25) is 14.6 Å². The van der Waals surface area contributed by atoms with Crippen molar-refractivity contribution in [1.82, 2.24) is 30.0 Å². The van der Waals surface area contributed by atoms with Gasteiger partial charge in [0, 0.05) is 57.1 Å². The normalized spacial score (nSPS) is 12.3. The molecule has 4 rings (SSSR count). The molecule has 1 aliphatic rings. The number of hydrazine groups is 1. The predicted molar refractivity (Wildman–Crippen MR) is 168 cm³/mol. The number of hydrogen-bond acceptors (Lipinski definition) is 8. The summed E-state index contributed by atoms with van der Waals surface area (Å²) in [6, 6.07) is 13.9. The minimum Gasteiger partial charge on any atom is -0.388 e. The summed E-state index contributed by atoms with van der Waals surface area (Å²) in [5, 5.41) is 14.4. The van der Waals surface area contributed by atoms with E-state index in [-0.39, 0.29) is 61.7 Å². The van der Waals surface area contributed by atoms with E-state index in [4.69, 9.17) is 4.42 Å². The van der Waals surface area contributed by atoms with Crippen molar-refractivity contribution in [2.45, 2.75) is 53.4 Å². The molecule has 42 heavy (non-hydrogen) atoms. The Labute approximate surface area is 259 Å². The number of rotatable bonds is 12. The summed E-state index contributed by atoms with van der Waals surface area (Å²) >= 11 is 0. The smallest absolute Gasteiger partial charge is 0.388 e. The highest BCUT2D eigenvalue weighted by molar-refractivity contribution is 5.87. The second kappa shape index (κ2) is 15.7. The van der Waals surface area contributed by atoms with Gasteiger partial charge in [0.05, 0.1) is 6.54 Å². The Bertz CT molecular complexity index is 1380. The predicted octanol–water partition coefficient (Wildman–Crippen LogP) is 3.30. The monoisotopic (exact) mass is 621 g/mol. The third-order valence-corrected chi connectivity index (χ3v) is 7.04. The molecule has 0 fully saturated rings. The molecule has 0 radical (unpaired) electrons. The highest BCUT2D eigenvalue weighted by Crippen LogP contribution is 2.24. The molecular weight excluding hydrogens is 581 g/mol. The third-order valence-electron chi connectivity index (χ3n) is 7.04. The van der Waals surface area contributed by atoms with Crippen molar-refractivity contribution < 1.29 is 14.0 Å². The van der Waals surface area contributed by atoms with E-state index in [1.807, 2.05) is 63.0 Å². The van der Waals surface area contributed by atoms with Gasteiger partial charge in [0.25, 0.3) is 5.91 Å². The Morgan fingerprint density at radius 2 is 1.74 bits per heavy atom. The number of benzene rings is 2. The van der Waals surface area contributed by atoms with Gasteiger partial charge in [-0.25, -0.2) is 9.80 Å². The number of anilines is 1. The molecule has 3 aromatic rings. The summed E-state index contributed by atoms with van der Waals surface area (Å²) in [6.07, 6.45) is 0. The second-order valence-corrected chi connectivity index (χ2v) is 10.3. The summed E-state index contributed by atoms with van der Waals surface area (Å²) in [5.74, 6) is -0.629. The highest BCUT2D eigenvalue weighted by atomic mass is 35.5. The van der Waals surface area contributed by atoms with Crippen LogP contribution in [0, 0.1) is 6.92 Å². The van der Waals surface area contributed by atoms with Gasteiger partial charge < -0.3 is 20.0 Å². The molecule has 2 amide bonds. The van der Waals surface area contributed by atoms with Gasteiger partial charge in [-0.1, -0.05) is 44.2 Å². The number of nitrogens with zero attached hydrogens (tertiary/aromatic N) is 5. The topological polar surface area (TPSA) is 116 Å². The van der Waals surface area contributed by atoms with E-state index in [1.54, 1.807) is 17.0 Å². The first-order valence-corrected chi connectivity index (χ1v) is 13.7. The van der Waals surface area contributed by atoms with Gasteiger partial charge in [-0.15, -0.1) is 29.9 Å². The van der Waals surface area contributed by atoms with E-state index < -0.39 is 5.76 Å². The fourth-order valence-corrected chi connectivity index (χ4v) is 4.58. The van der Waals surface area contributed by atoms with Crippen molar-refractivity contribution in [1.29, 1.82) is 0 Å². The highest BCUT2D eigenvalue weighted by Gasteiger charge is 2.27. The van der Waals surface area contributed by atoms with E-state index in [1.165, 1.54) is 15.8 Å². The summed E-state index contributed by atoms with van der Waals surface area (Å²) in [4.78, 5) is 40.2. The number of hydrogen-bond donors (Lipinski definition) is 2. The molecule has 2 heterocycles. The van der Waals surface area contributed by atoms with Crippen molar-refractivity contribution in [3.05, 3.63) is 69.7 Å². The fourth-order valence-electron chi connectivity index (χ4n) is 4.58. The number of carbonyl (C=O) groups is 2. The number of carbonyl (C=O) groups excluding carboxylic acids is 2. The number of amides is 2. The van der Waals surface area contributed by atoms with Crippen LogP contribution < -0.4 is 16.4 Å². The van der Waals surface area contributed by atoms with Gasteiger partial charge in [0.2, 0.25) is 11.8 Å². The molecule has 1 aromatic heterocycles. The maximum absolute atomic E-state index is 13.4. The van der Waals surface area contributed by atoms with E-state index in [2.05, 4.69) is 27.9 Å². The average Bonchev–Trinajstić information content (AvgIpc) is 3.54. The number of aromatic nitrogens is 2. The molecule has 11 nitrogen and oxygen atoms in total. The van der Waals surface area contributed by atoms with Crippen LogP contribution in [-0.4, -0.2) is 75.8 Å². The Hall–Kier alpha value is -3.38. The van der Waals surface area contributed by atoms with Crippen LogP contribution in [-0.2, 0) is 29.2 Å². The van der Waals surface area contributed by atoms with E-state index in [0.29, 0.717) is 38.3 Å². The van der Waals surface area contributed by atoms with Crippen molar-refractivity contribution in [3.63, 3.8) is 0 Å². The summed E-state index contributed by atoms with van der Waals surface area (Å²) < 4.78 is 6.54. The van der Waals surface area contributed by atoms with Crippen molar-refractivity contribution in [2.75, 3.05) is 38.5 Å². The number of aryl methyl sites for hydroxylation is 2. The lowest BCUT2D eigenvalue weighted by atomic mass is 10.1. The van der Waals surface area contributed by atoms with Crippen LogP contribution in [0.4, 0.5) is 5.69 Å². The van der Waals surface area contributed by atoms with Gasteiger partial charge >= 0.3 is 5.76 Å². The summed E-state index contributed by atoms with van der Waals surface area (Å²) in [5.41, 5.74) is 4.69. The van der Waals surface area contributed by atoms with Crippen molar-refractivity contribution in [2.24, 2.45) is 0 Å². The molecule has 1 aliphatic heterocycles. The van der Waals surface area contributed by atoms with Crippen LogP contribution in [0.2, 0.25) is 0 Å². The van der Waals surface area contributed by atoms with E-state index >= 15 is 0 Å². The SMILES string of the molecule is CCn1nc(-c2ccc(C)c(NCC(=O)N(CCNC(C)C)CC(=O)N(C)N3Cc4ccccc4C3)c2)oc1=O.Cl.Cl. The Kier molecular flexibility index (Phi) is 13.0. The van der Waals surface area contributed by atoms with E-state index in [0.717, 1.165) is 11.3 Å². The van der Waals surface area contributed by atoms with Crippen LogP contribution >= 0.6 is 24.8 Å². The first kappa shape index (κ1) is 34.8. The van der Waals surface area contributed by atoms with Crippen LogP contribution in [0.15, 0.2) is 51.7 Å². The molecule has 230 valence electrons. The first-order chi connectivity index (χ1) is 19.2. The number of fused-ring (bicyclic) bond motifs is 1. The minimum absolute atomic E-state index is 0. The number of halogens is 2. The molecule has 0 unspecified atom stereocenters. The molecular formula is C29H41Cl2N7O4. The third kappa shape index (κ3) is 8.57. The molecule has 0 bridgehead atoms. The van der Waals surface area contributed by atoms with Crippen molar-refractivity contribution in [3.8, 4) is 11.5 Å². The summed E-state index contributed by atoms with van der Waals surface area (Å²) in [6.45, 7) is 10.5. The van der Waals surface area contributed by atoms with E-state index in [9.17, 15) is 14.4 Å². The fraction of sp³-hybridized carbons (Fsp3) is 0.448. The molecule has 2 aromatic carbocycles. The minimum atomic E-state index is -0.513. The van der Waals surface area contributed by atoms with Crippen LogP contribution in [0.25, 0.3) is 11.5 Å². The Morgan fingerprint density at radius 1 is 1.07 bits per heavy atom. The Morgan fingerprint density at radius 3 is 2.33 bits per heavy atom. The van der Waals surface area contributed by atoms with Gasteiger partial charge in [0.1, 0.15) is 6.54 Å². The molecule has 0 spiro atoms. The zero-order chi connectivity index (χ0) is 28.8. The zero-order valence-electron chi connectivity index (χ0n) is 24.8. The molecule has 0 aliphatic carbocycles. The molecule has 0 atom stereocenters. The lowest BCUT2D eigenvalue weighted by Gasteiger charge is -2.31. The lowest BCUT2D eigenvalue weighted by Crippen LogP contribution is -2.49. The molecule has 13 heteroatoms. The Balaban J connectivity index is 0.00000308. The number of likely N-dealkylation sites (N-methyl/N-ethyl adjacent to an activating group) is 1. The van der Waals surface area contributed by atoms with Crippen LogP contribution in [0.3, 0.4) is 0 Å². The summed E-state index contributed by atoms with van der Waals surface area (Å²) in [7, 11) is 1.76. The molecule has 0 saturated carbocycles. The standard InChI is InChI=1S/C29H39N7O4.2ClH/c1-6-36-29(39)40-28(32-36)22-12-11-21(4)25(15-22)31-16-26(37)34(14-13-30-20(2)3)19-27(38)33(5)35-17-23-9-7-8-10-24(23)18-35;;/h7-12,15,20,30-31H,6,13-14,16-19H2,1-5H3;2*1H. The number of nitrogens with one attached hydrogen (secondary N) is 2. The molecule has 0 saturated heterocycles. The largest absolute Gasteiger partial charge is 0.437 e.